The molecule has 1 N–H and O–H groups in total. The van der Waals surface area contributed by atoms with Crippen LogP contribution in [0.1, 0.15) is 35.5 Å². The highest BCUT2D eigenvalue weighted by Gasteiger charge is 2.34. The van der Waals surface area contributed by atoms with E-state index in [-0.39, 0.29) is 6.04 Å². The van der Waals surface area contributed by atoms with Gasteiger partial charge in [-0.15, -0.1) is 0 Å². The molecule has 1 atom stereocenters. The molecule has 0 fully saturated rings. The third-order valence-electron chi connectivity index (χ3n) is 6.32. The number of nitrogens with zero attached hydrogens (tertiary/aromatic N) is 3. The fraction of sp³-hybridized carbons (Fsp3) is 0.179. The summed E-state index contributed by atoms with van der Waals surface area (Å²) in [4.78, 5) is 6.87. The van der Waals surface area contributed by atoms with E-state index in [0.29, 0.717) is 23.4 Å². The number of rotatable bonds is 6. The molecule has 1 aliphatic heterocycles. The Bertz CT molecular complexity index is 1380. The lowest BCUT2D eigenvalue weighted by atomic mass is 9.94. The van der Waals surface area contributed by atoms with Crippen molar-refractivity contribution in [1.29, 1.82) is 0 Å². The smallest absolute Gasteiger partial charge is 0.258 e. The predicted molar refractivity (Wildman–Crippen MR) is 141 cm³/mol. The lowest BCUT2D eigenvalue weighted by Gasteiger charge is -2.37. The van der Waals surface area contributed by atoms with Gasteiger partial charge in [-0.3, -0.25) is 0 Å². The number of allylic oxidation sites excluding steroid dienone is 1. The van der Waals surface area contributed by atoms with Gasteiger partial charge < -0.3 is 19.5 Å². The van der Waals surface area contributed by atoms with Crippen LogP contribution in [0.3, 0.4) is 0 Å². The minimum Gasteiger partial charge on any atom is -0.497 e. The second kappa shape index (κ2) is 9.72. The molecule has 1 aromatic heterocycles. The van der Waals surface area contributed by atoms with Crippen LogP contribution in [-0.4, -0.2) is 27.3 Å². The highest BCUT2D eigenvalue weighted by molar-refractivity contribution is 7.80. The van der Waals surface area contributed by atoms with E-state index in [4.69, 9.17) is 26.5 Å². The van der Waals surface area contributed by atoms with Gasteiger partial charge in [-0.1, -0.05) is 71.9 Å². The molecule has 0 amide bonds. The van der Waals surface area contributed by atoms with Gasteiger partial charge in [0.1, 0.15) is 5.75 Å². The molecule has 0 saturated heterocycles. The van der Waals surface area contributed by atoms with Gasteiger partial charge in [-0.05, 0) is 54.9 Å². The molecule has 2 heterocycles. The average molecular weight is 483 g/mol. The SMILES string of the molecule is COc1ccc(C2NC(=S)N(Cc3ccccc3C)C(C)=C2c2nc(-c3ccccc3)no2)cc1. The Morgan fingerprint density at radius 2 is 1.69 bits per heavy atom. The van der Waals surface area contributed by atoms with Gasteiger partial charge in [0, 0.05) is 11.3 Å². The van der Waals surface area contributed by atoms with Crippen molar-refractivity contribution in [3.8, 4) is 17.1 Å². The number of aromatic nitrogens is 2. The van der Waals surface area contributed by atoms with Crippen LogP contribution in [0.4, 0.5) is 0 Å². The fourth-order valence-corrected chi connectivity index (χ4v) is 4.61. The van der Waals surface area contributed by atoms with Gasteiger partial charge >= 0.3 is 0 Å². The summed E-state index contributed by atoms with van der Waals surface area (Å²) < 4.78 is 11.2. The second-order valence-corrected chi connectivity index (χ2v) is 8.84. The van der Waals surface area contributed by atoms with Crippen LogP contribution in [0, 0.1) is 6.92 Å². The van der Waals surface area contributed by atoms with Gasteiger partial charge in [0.25, 0.3) is 5.89 Å². The Balaban J connectivity index is 1.60. The average Bonchev–Trinajstić information content (AvgIpc) is 3.37. The summed E-state index contributed by atoms with van der Waals surface area (Å²) in [5.74, 6) is 1.81. The van der Waals surface area contributed by atoms with Crippen LogP contribution in [0.2, 0.25) is 0 Å². The predicted octanol–water partition coefficient (Wildman–Crippen LogP) is 5.92. The Morgan fingerprint density at radius 1 is 0.971 bits per heavy atom. The van der Waals surface area contributed by atoms with Gasteiger partial charge in [0.05, 0.1) is 25.3 Å². The highest BCUT2D eigenvalue weighted by Crippen LogP contribution is 2.38. The summed E-state index contributed by atoms with van der Waals surface area (Å²) in [7, 11) is 1.66. The second-order valence-electron chi connectivity index (χ2n) is 8.46. The van der Waals surface area contributed by atoms with Crippen molar-refractivity contribution in [3.63, 3.8) is 0 Å². The maximum Gasteiger partial charge on any atom is 0.258 e. The van der Waals surface area contributed by atoms with Gasteiger partial charge in [-0.2, -0.15) is 4.98 Å². The number of hydrogen-bond donors (Lipinski definition) is 1. The molecule has 0 spiro atoms. The molecular formula is C28H26N4O2S. The Kier molecular flexibility index (Phi) is 6.33. The summed E-state index contributed by atoms with van der Waals surface area (Å²) in [6, 6.07) is 25.8. The minimum atomic E-state index is -0.245. The Hall–Kier alpha value is -3.97. The monoisotopic (exact) mass is 482 g/mol. The maximum absolute atomic E-state index is 5.85. The van der Waals surface area contributed by atoms with E-state index < -0.39 is 0 Å². The topological polar surface area (TPSA) is 63.4 Å². The van der Waals surface area contributed by atoms with E-state index in [1.54, 1.807) is 7.11 Å². The van der Waals surface area contributed by atoms with Crippen LogP contribution in [-0.2, 0) is 6.54 Å². The molecule has 176 valence electrons. The van der Waals surface area contributed by atoms with Gasteiger partial charge in [-0.25, -0.2) is 0 Å². The molecule has 0 bridgehead atoms. The van der Waals surface area contributed by atoms with E-state index in [1.807, 2.05) is 66.7 Å². The van der Waals surface area contributed by atoms with Crippen LogP contribution in [0.15, 0.2) is 89.1 Å². The summed E-state index contributed by atoms with van der Waals surface area (Å²) >= 11 is 5.85. The fourth-order valence-electron chi connectivity index (χ4n) is 4.29. The number of benzene rings is 3. The van der Waals surface area contributed by atoms with Crippen LogP contribution >= 0.6 is 12.2 Å². The number of ether oxygens (including phenoxy) is 1. The molecule has 0 radical (unpaired) electrons. The minimum absolute atomic E-state index is 0.245. The largest absolute Gasteiger partial charge is 0.497 e. The molecular weight excluding hydrogens is 456 g/mol. The van der Waals surface area contributed by atoms with E-state index in [0.717, 1.165) is 28.1 Å². The lowest BCUT2D eigenvalue weighted by molar-refractivity contribution is 0.395. The lowest BCUT2D eigenvalue weighted by Crippen LogP contribution is -2.45. The number of hydrogen-bond acceptors (Lipinski definition) is 5. The molecule has 4 aromatic rings. The molecule has 35 heavy (non-hydrogen) atoms. The first-order valence-electron chi connectivity index (χ1n) is 11.4. The number of aryl methyl sites for hydroxylation is 1. The molecule has 0 aliphatic carbocycles. The van der Waals surface area contributed by atoms with E-state index >= 15 is 0 Å². The summed E-state index contributed by atoms with van der Waals surface area (Å²) in [6.07, 6.45) is 0. The number of thiocarbonyl (C=S) groups is 1. The molecule has 1 unspecified atom stereocenters. The highest BCUT2D eigenvalue weighted by atomic mass is 32.1. The zero-order chi connectivity index (χ0) is 24.4. The number of nitrogens with one attached hydrogen (secondary N) is 1. The molecule has 3 aromatic carbocycles. The van der Waals surface area contributed by atoms with Crippen molar-refractivity contribution in [3.05, 3.63) is 107 Å². The zero-order valence-corrected chi connectivity index (χ0v) is 20.7. The standard InChI is InChI=1S/C28H26N4O2S/c1-18-9-7-8-12-22(18)17-32-19(2)24(27-30-26(31-34-27)21-10-5-4-6-11-21)25(29-28(32)35)20-13-15-23(33-3)16-14-20/h4-16,25H,17H2,1-3H3,(H,29,35). The summed E-state index contributed by atoms with van der Waals surface area (Å²) in [5, 5.41) is 8.44. The summed E-state index contributed by atoms with van der Waals surface area (Å²) in [6.45, 7) is 4.81. The van der Waals surface area contributed by atoms with Crippen molar-refractivity contribution in [2.75, 3.05) is 7.11 Å². The van der Waals surface area contributed by atoms with Crippen molar-refractivity contribution in [2.45, 2.75) is 26.4 Å². The molecule has 1 aliphatic rings. The van der Waals surface area contributed by atoms with Crippen molar-refractivity contribution in [1.82, 2.24) is 20.4 Å². The normalized spacial score (nSPS) is 15.8. The molecule has 5 rings (SSSR count). The first kappa shape index (κ1) is 22.8. The van der Waals surface area contributed by atoms with Crippen molar-refractivity contribution < 1.29 is 9.26 Å². The molecule has 6 nitrogen and oxygen atoms in total. The third-order valence-corrected chi connectivity index (χ3v) is 6.66. The summed E-state index contributed by atoms with van der Waals surface area (Å²) in [5.41, 5.74) is 6.21. The third kappa shape index (κ3) is 4.55. The van der Waals surface area contributed by atoms with Crippen molar-refractivity contribution >= 4 is 22.9 Å². The molecule has 0 saturated carbocycles. The van der Waals surface area contributed by atoms with E-state index in [2.05, 4.69) is 41.4 Å². The van der Waals surface area contributed by atoms with Crippen LogP contribution in [0.5, 0.6) is 5.75 Å². The Morgan fingerprint density at radius 3 is 2.40 bits per heavy atom. The van der Waals surface area contributed by atoms with Crippen LogP contribution < -0.4 is 10.1 Å². The van der Waals surface area contributed by atoms with Crippen LogP contribution in [0.25, 0.3) is 17.0 Å². The van der Waals surface area contributed by atoms with E-state index in [9.17, 15) is 0 Å². The van der Waals surface area contributed by atoms with E-state index in [1.165, 1.54) is 11.1 Å². The van der Waals surface area contributed by atoms with Gasteiger partial charge in [0.15, 0.2) is 5.11 Å². The first-order chi connectivity index (χ1) is 17.0. The van der Waals surface area contributed by atoms with Crippen molar-refractivity contribution in [2.24, 2.45) is 0 Å². The molecule has 7 heteroatoms. The number of methoxy groups -OCH3 is 1. The maximum atomic E-state index is 5.85. The Labute approximate surface area is 210 Å². The van der Waals surface area contributed by atoms with Gasteiger partial charge in [0.2, 0.25) is 5.82 Å². The first-order valence-corrected chi connectivity index (χ1v) is 11.8. The zero-order valence-electron chi connectivity index (χ0n) is 19.9. The quantitative estimate of drug-likeness (QED) is 0.343.